The average molecular weight is 433 g/mol. The normalized spacial score (nSPS) is 16.2. The molecule has 2 heterocycles. The number of benzene rings is 2. The van der Waals surface area contributed by atoms with Crippen molar-refractivity contribution < 1.29 is 9.59 Å². The van der Waals surface area contributed by atoms with Crippen LogP contribution < -0.4 is 4.90 Å². The van der Waals surface area contributed by atoms with Crippen molar-refractivity contribution in [2.24, 2.45) is 0 Å². The number of hydrogen-bond acceptors (Lipinski definition) is 3. The van der Waals surface area contributed by atoms with Crippen LogP contribution in [0.5, 0.6) is 0 Å². The molecule has 0 unspecified atom stereocenters. The summed E-state index contributed by atoms with van der Waals surface area (Å²) >= 11 is 0. The van der Waals surface area contributed by atoms with Crippen LogP contribution in [0.2, 0.25) is 0 Å². The molecular weight excluding hydrogens is 400 g/mol. The molecule has 32 heavy (non-hydrogen) atoms. The van der Waals surface area contributed by atoms with Crippen LogP contribution in [-0.4, -0.2) is 45.9 Å². The first-order chi connectivity index (χ1) is 15.5. The molecule has 6 heteroatoms. The van der Waals surface area contributed by atoms with E-state index in [1.165, 1.54) is 0 Å². The number of aryl methyl sites for hydroxylation is 1. The van der Waals surface area contributed by atoms with Gasteiger partial charge in [0.2, 0.25) is 11.8 Å². The van der Waals surface area contributed by atoms with Gasteiger partial charge >= 0.3 is 0 Å². The fraction of sp³-hybridized carbons (Fsp3) is 0.423. The molecule has 2 amide bonds. The molecule has 1 fully saturated rings. The van der Waals surface area contributed by atoms with Crippen LogP contribution in [0.25, 0.3) is 11.0 Å². The van der Waals surface area contributed by atoms with E-state index in [4.69, 9.17) is 4.98 Å². The van der Waals surface area contributed by atoms with Crippen molar-refractivity contribution in [2.45, 2.75) is 52.5 Å². The average Bonchev–Trinajstić information content (AvgIpc) is 3.34. The summed E-state index contributed by atoms with van der Waals surface area (Å²) in [7, 11) is 0. The third kappa shape index (κ3) is 4.27. The van der Waals surface area contributed by atoms with E-state index in [0.717, 1.165) is 54.0 Å². The van der Waals surface area contributed by atoms with Gasteiger partial charge in [0.1, 0.15) is 12.4 Å². The predicted octanol–water partition coefficient (Wildman–Crippen LogP) is 4.51. The van der Waals surface area contributed by atoms with E-state index >= 15 is 0 Å². The maximum absolute atomic E-state index is 13.2. The second kappa shape index (κ2) is 9.55. The molecule has 1 atom stereocenters. The zero-order valence-corrected chi connectivity index (χ0v) is 19.3. The Labute approximate surface area is 189 Å². The number of imidazole rings is 1. The maximum atomic E-state index is 13.2. The highest BCUT2D eigenvalue weighted by Gasteiger charge is 2.35. The van der Waals surface area contributed by atoms with Crippen LogP contribution in [0.15, 0.2) is 48.5 Å². The van der Waals surface area contributed by atoms with Gasteiger partial charge in [-0.3, -0.25) is 9.59 Å². The SMILES string of the molecule is CCCN(CCC)C(=O)Cn1c([C@@H]2CC(=O)N(c3ccccc3C)C2)nc2ccccc21. The van der Waals surface area contributed by atoms with Gasteiger partial charge in [0.05, 0.1) is 11.0 Å². The van der Waals surface area contributed by atoms with E-state index in [1.54, 1.807) is 0 Å². The summed E-state index contributed by atoms with van der Waals surface area (Å²) in [5, 5.41) is 0. The van der Waals surface area contributed by atoms with Gasteiger partial charge in [-0.05, 0) is 43.5 Å². The Morgan fingerprint density at radius 2 is 1.75 bits per heavy atom. The number of rotatable bonds is 8. The van der Waals surface area contributed by atoms with Crippen LogP contribution in [0.1, 0.15) is 50.4 Å². The zero-order valence-electron chi connectivity index (χ0n) is 19.3. The van der Waals surface area contributed by atoms with Gasteiger partial charge in [-0.2, -0.15) is 0 Å². The minimum atomic E-state index is -0.0480. The van der Waals surface area contributed by atoms with Crippen molar-refractivity contribution in [3.8, 4) is 0 Å². The molecule has 0 spiro atoms. The van der Waals surface area contributed by atoms with Crippen molar-refractivity contribution in [1.29, 1.82) is 0 Å². The summed E-state index contributed by atoms with van der Waals surface area (Å²) in [6.45, 7) is 8.57. The summed E-state index contributed by atoms with van der Waals surface area (Å²) < 4.78 is 2.04. The predicted molar refractivity (Wildman–Crippen MR) is 128 cm³/mol. The maximum Gasteiger partial charge on any atom is 0.242 e. The molecule has 0 aliphatic carbocycles. The van der Waals surface area contributed by atoms with Gasteiger partial charge in [-0.15, -0.1) is 0 Å². The Bertz CT molecular complexity index is 1110. The summed E-state index contributed by atoms with van der Waals surface area (Å²) in [6, 6.07) is 15.9. The lowest BCUT2D eigenvalue weighted by Gasteiger charge is -2.23. The molecule has 3 aromatic rings. The first-order valence-electron chi connectivity index (χ1n) is 11.6. The van der Waals surface area contributed by atoms with Gasteiger partial charge in [-0.1, -0.05) is 44.2 Å². The van der Waals surface area contributed by atoms with E-state index in [9.17, 15) is 9.59 Å². The fourth-order valence-electron chi connectivity index (χ4n) is 4.69. The standard InChI is InChI=1S/C26H32N4O2/c1-4-14-28(15-5-2)25(32)18-30-23-13-9-7-11-21(23)27-26(30)20-16-24(31)29(17-20)22-12-8-6-10-19(22)3/h6-13,20H,4-5,14-18H2,1-3H3/t20-/m1/s1. The monoisotopic (exact) mass is 432 g/mol. The third-order valence-electron chi connectivity index (χ3n) is 6.21. The molecule has 0 bridgehead atoms. The van der Waals surface area contributed by atoms with Gasteiger partial charge in [0.25, 0.3) is 0 Å². The topological polar surface area (TPSA) is 58.4 Å². The zero-order chi connectivity index (χ0) is 22.7. The number of carbonyl (C=O) groups is 2. The number of amides is 2. The Morgan fingerprint density at radius 3 is 2.47 bits per heavy atom. The highest BCUT2D eigenvalue weighted by atomic mass is 16.2. The summed E-state index contributed by atoms with van der Waals surface area (Å²) in [5.74, 6) is 0.996. The van der Waals surface area contributed by atoms with Crippen molar-refractivity contribution >= 4 is 28.5 Å². The van der Waals surface area contributed by atoms with Crippen molar-refractivity contribution in [3.05, 3.63) is 59.9 Å². The van der Waals surface area contributed by atoms with Gasteiger partial charge in [-0.25, -0.2) is 4.98 Å². The van der Waals surface area contributed by atoms with Crippen molar-refractivity contribution in [1.82, 2.24) is 14.5 Å². The number of para-hydroxylation sites is 3. The van der Waals surface area contributed by atoms with Crippen LogP contribution >= 0.6 is 0 Å². The molecule has 0 radical (unpaired) electrons. The Hall–Kier alpha value is -3.15. The molecule has 1 aromatic heterocycles. The smallest absolute Gasteiger partial charge is 0.242 e. The van der Waals surface area contributed by atoms with Crippen LogP contribution in [0, 0.1) is 6.92 Å². The molecule has 0 N–H and O–H groups in total. The highest BCUT2D eigenvalue weighted by Crippen LogP contribution is 2.34. The first kappa shape index (κ1) is 22.1. The van der Waals surface area contributed by atoms with Gasteiger partial charge in [0.15, 0.2) is 0 Å². The Kier molecular flexibility index (Phi) is 6.58. The number of aromatic nitrogens is 2. The number of hydrogen-bond donors (Lipinski definition) is 0. The van der Waals surface area contributed by atoms with Crippen molar-refractivity contribution in [2.75, 3.05) is 24.5 Å². The van der Waals surface area contributed by atoms with E-state index in [-0.39, 0.29) is 24.3 Å². The minimum Gasteiger partial charge on any atom is -0.341 e. The van der Waals surface area contributed by atoms with Crippen molar-refractivity contribution in [3.63, 3.8) is 0 Å². The Balaban J connectivity index is 1.67. The summed E-state index contributed by atoms with van der Waals surface area (Å²) in [5.41, 5.74) is 3.86. The van der Waals surface area contributed by atoms with Crippen LogP contribution in [-0.2, 0) is 16.1 Å². The lowest BCUT2D eigenvalue weighted by atomic mass is 10.1. The number of nitrogens with zero attached hydrogens (tertiary/aromatic N) is 4. The molecule has 1 aliphatic heterocycles. The lowest BCUT2D eigenvalue weighted by molar-refractivity contribution is -0.131. The number of carbonyl (C=O) groups excluding carboxylic acids is 2. The van der Waals surface area contributed by atoms with E-state index in [0.29, 0.717) is 13.0 Å². The first-order valence-corrected chi connectivity index (χ1v) is 11.6. The highest BCUT2D eigenvalue weighted by molar-refractivity contribution is 5.97. The van der Waals surface area contributed by atoms with E-state index < -0.39 is 0 Å². The van der Waals surface area contributed by atoms with Crippen LogP contribution in [0.4, 0.5) is 5.69 Å². The third-order valence-corrected chi connectivity index (χ3v) is 6.21. The molecule has 1 saturated heterocycles. The van der Waals surface area contributed by atoms with Gasteiger partial charge in [0, 0.05) is 37.7 Å². The van der Waals surface area contributed by atoms with Gasteiger partial charge < -0.3 is 14.4 Å². The Morgan fingerprint density at radius 1 is 1.06 bits per heavy atom. The molecular formula is C26H32N4O2. The second-order valence-electron chi connectivity index (χ2n) is 8.62. The molecule has 6 nitrogen and oxygen atoms in total. The minimum absolute atomic E-state index is 0.0480. The molecule has 4 rings (SSSR count). The molecule has 168 valence electrons. The lowest BCUT2D eigenvalue weighted by Crippen LogP contribution is -2.35. The molecule has 2 aromatic carbocycles. The number of anilines is 1. The number of fused-ring (bicyclic) bond motifs is 1. The van der Waals surface area contributed by atoms with E-state index in [1.807, 2.05) is 69.8 Å². The van der Waals surface area contributed by atoms with Crippen LogP contribution in [0.3, 0.4) is 0 Å². The largest absolute Gasteiger partial charge is 0.341 e. The van der Waals surface area contributed by atoms with E-state index in [2.05, 4.69) is 13.8 Å². The quantitative estimate of drug-likeness (QED) is 0.526. The molecule has 0 saturated carbocycles. The summed E-state index contributed by atoms with van der Waals surface area (Å²) in [6.07, 6.45) is 2.27. The fourth-order valence-corrected chi connectivity index (χ4v) is 4.69. The summed E-state index contributed by atoms with van der Waals surface area (Å²) in [4.78, 5) is 34.9. The second-order valence-corrected chi connectivity index (χ2v) is 8.62. The molecule has 1 aliphatic rings.